The highest BCUT2D eigenvalue weighted by Crippen LogP contribution is 2.26. The Labute approximate surface area is 142 Å². The molecule has 0 spiro atoms. The predicted molar refractivity (Wildman–Crippen MR) is 87.5 cm³/mol. The molecule has 1 saturated heterocycles. The van der Waals surface area contributed by atoms with Crippen molar-refractivity contribution >= 4 is 23.5 Å². The Morgan fingerprint density at radius 2 is 2.00 bits per heavy atom. The van der Waals surface area contributed by atoms with Crippen molar-refractivity contribution in [1.82, 2.24) is 10.2 Å². The van der Waals surface area contributed by atoms with E-state index in [9.17, 15) is 9.59 Å². The molecule has 0 radical (unpaired) electrons. The van der Waals surface area contributed by atoms with E-state index in [0.717, 1.165) is 5.69 Å². The van der Waals surface area contributed by atoms with E-state index in [0.29, 0.717) is 12.3 Å². The van der Waals surface area contributed by atoms with Crippen LogP contribution in [0, 0.1) is 5.92 Å². The number of carbonyl (C=O) groups excluding carboxylic acids is 2. The van der Waals surface area contributed by atoms with Gasteiger partial charge >= 0.3 is 6.01 Å². The third kappa shape index (κ3) is 3.01. The number of hydrogen-bond donors (Lipinski definition) is 1. The molecule has 0 unspecified atom stereocenters. The summed E-state index contributed by atoms with van der Waals surface area (Å²) in [5, 5.41) is 10.1. The molecule has 8 nitrogen and oxygen atoms in total. The molecular weight excluding hydrogens is 324 g/mol. The molecule has 2 amide bonds. The van der Waals surface area contributed by atoms with Gasteiger partial charge in [-0.15, -0.1) is 5.10 Å². The number of carbonyl (C=O) groups is 2. The van der Waals surface area contributed by atoms with Crippen LogP contribution >= 0.6 is 0 Å². The van der Waals surface area contributed by atoms with E-state index in [1.165, 1.54) is 6.26 Å². The van der Waals surface area contributed by atoms with Crippen LogP contribution in [0.4, 0.5) is 11.7 Å². The molecule has 0 saturated carbocycles. The van der Waals surface area contributed by atoms with Crippen LogP contribution in [0.1, 0.15) is 6.42 Å². The number of benzene rings is 1. The second-order valence-electron chi connectivity index (χ2n) is 5.62. The molecule has 25 heavy (non-hydrogen) atoms. The first-order valence-corrected chi connectivity index (χ1v) is 7.74. The van der Waals surface area contributed by atoms with Gasteiger partial charge in [0.05, 0.1) is 12.2 Å². The fraction of sp³-hybridized carbons (Fsp3) is 0.176. The molecule has 1 aliphatic rings. The molecular formula is C17H14N4O4. The zero-order valence-corrected chi connectivity index (χ0v) is 13.1. The number of furan rings is 1. The lowest BCUT2D eigenvalue weighted by atomic mass is 10.1. The highest BCUT2D eigenvalue weighted by Gasteiger charge is 2.35. The summed E-state index contributed by atoms with van der Waals surface area (Å²) in [6.07, 6.45) is 1.63. The van der Waals surface area contributed by atoms with Gasteiger partial charge in [0, 0.05) is 18.7 Å². The van der Waals surface area contributed by atoms with Crippen LogP contribution in [-0.2, 0) is 9.59 Å². The van der Waals surface area contributed by atoms with Gasteiger partial charge in [-0.05, 0) is 24.3 Å². The van der Waals surface area contributed by atoms with E-state index in [1.807, 2.05) is 30.3 Å². The van der Waals surface area contributed by atoms with Gasteiger partial charge in [0.25, 0.3) is 5.89 Å². The first-order valence-electron chi connectivity index (χ1n) is 7.74. The summed E-state index contributed by atoms with van der Waals surface area (Å²) in [6, 6.07) is 12.6. The minimum absolute atomic E-state index is 0.0259. The molecule has 0 bridgehead atoms. The van der Waals surface area contributed by atoms with Gasteiger partial charge < -0.3 is 13.7 Å². The zero-order chi connectivity index (χ0) is 17.2. The number of nitrogens with zero attached hydrogens (tertiary/aromatic N) is 3. The maximum absolute atomic E-state index is 12.4. The Hall–Kier alpha value is -3.42. The van der Waals surface area contributed by atoms with Crippen LogP contribution in [0.2, 0.25) is 0 Å². The van der Waals surface area contributed by atoms with E-state index in [2.05, 4.69) is 15.5 Å². The third-order valence-electron chi connectivity index (χ3n) is 3.95. The van der Waals surface area contributed by atoms with Gasteiger partial charge in [-0.3, -0.25) is 14.9 Å². The molecule has 1 N–H and O–H groups in total. The number of para-hydroxylation sites is 1. The lowest BCUT2D eigenvalue weighted by Gasteiger charge is -2.16. The Morgan fingerprint density at radius 3 is 2.76 bits per heavy atom. The Kier molecular flexibility index (Phi) is 3.77. The van der Waals surface area contributed by atoms with Crippen LogP contribution in [0.3, 0.4) is 0 Å². The molecule has 2 aromatic heterocycles. The summed E-state index contributed by atoms with van der Waals surface area (Å²) in [5.41, 5.74) is 0.778. The summed E-state index contributed by atoms with van der Waals surface area (Å²) in [6.45, 7) is 0.313. The maximum atomic E-state index is 12.4. The molecule has 126 valence electrons. The van der Waals surface area contributed by atoms with Crippen LogP contribution in [0.25, 0.3) is 11.7 Å². The monoisotopic (exact) mass is 338 g/mol. The van der Waals surface area contributed by atoms with Crippen molar-refractivity contribution in [3.8, 4) is 11.7 Å². The highest BCUT2D eigenvalue weighted by molar-refractivity contribution is 6.02. The average Bonchev–Trinajstić information content (AvgIpc) is 3.35. The Morgan fingerprint density at radius 1 is 1.16 bits per heavy atom. The quantitative estimate of drug-likeness (QED) is 0.783. The Balaban J connectivity index is 1.43. The fourth-order valence-electron chi connectivity index (χ4n) is 2.72. The van der Waals surface area contributed by atoms with E-state index in [1.54, 1.807) is 17.0 Å². The lowest BCUT2D eigenvalue weighted by molar-refractivity contribution is -0.122. The van der Waals surface area contributed by atoms with Crippen molar-refractivity contribution in [2.75, 3.05) is 16.8 Å². The molecule has 1 aliphatic heterocycles. The van der Waals surface area contributed by atoms with Crippen LogP contribution in [0.5, 0.6) is 0 Å². The minimum Gasteiger partial charge on any atom is -0.459 e. The normalized spacial score (nSPS) is 17.0. The van der Waals surface area contributed by atoms with E-state index < -0.39 is 5.92 Å². The van der Waals surface area contributed by atoms with Crippen molar-refractivity contribution in [3.05, 3.63) is 48.7 Å². The van der Waals surface area contributed by atoms with Crippen molar-refractivity contribution < 1.29 is 18.4 Å². The summed E-state index contributed by atoms with van der Waals surface area (Å²) in [4.78, 5) is 26.2. The van der Waals surface area contributed by atoms with E-state index in [4.69, 9.17) is 8.83 Å². The topological polar surface area (TPSA) is 101 Å². The summed E-state index contributed by atoms with van der Waals surface area (Å²) in [5.74, 6) is -0.311. The fourth-order valence-corrected chi connectivity index (χ4v) is 2.72. The van der Waals surface area contributed by atoms with Crippen LogP contribution < -0.4 is 10.2 Å². The summed E-state index contributed by atoms with van der Waals surface area (Å²) < 4.78 is 10.5. The molecule has 0 aliphatic carbocycles. The summed E-state index contributed by atoms with van der Waals surface area (Å²) in [7, 11) is 0. The van der Waals surface area contributed by atoms with Gasteiger partial charge in [0.1, 0.15) is 0 Å². The molecule has 1 atom stereocenters. The lowest BCUT2D eigenvalue weighted by Crippen LogP contribution is -2.28. The highest BCUT2D eigenvalue weighted by atomic mass is 16.4. The SMILES string of the molecule is O=C(Nc1nnc(-c2ccco2)o1)[C@@H]1CC(=O)N(c2ccccc2)C1. The second-order valence-corrected chi connectivity index (χ2v) is 5.62. The largest absolute Gasteiger partial charge is 0.459 e. The number of nitrogens with one attached hydrogen (secondary N) is 1. The molecule has 1 aromatic carbocycles. The molecule has 3 heterocycles. The number of aromatic nitrogens is 2. The van der Waals surface area contributed by atoms with Crippen molar-refractivity contribution in [3.63, 3.8) is 0 Å². The van der Waals surface area contributed by atoms with Gasteiger partial charge in [0.2, 0.25) is 11.8 Å². The zero-order valence-electron chi connectivity index (χ0n) is 13.1. The number of rotatable bonds is 4. The van der Waals surface area contributed by atoms with Gasteiger partial charge in [0.15, 0.2) is 5.76 Å². The van der Waals surface area contributed by atoms with E-state index in [-0.39, 0.29) is 30.1 Å². The third-order valence-corrected chi connectivity index (χ3v) is 3.95. The van der Waals surface area contributed by atoms with Crippen molar-refractivity contribution in [1.29, 1.82) is 0 Å². The maximum Gasteiger partial charge on any atom is 0.322 e. The predicted octanol–water partition coefficient (Wildman–Crippen LogP) is 2.32. The minimum atomic E-state index is -0.480. The van der Waals surface area contributed by atoms with Gasteiger partial charge in [-0.25, -0.2) is 0 Å². The molecule has 1 fully saturated rings. The number of hydrogen-bond acceptors (Lipinski definition) is 6. The van der Waals surface area contributed by atoms with E-state index >= 15 is 0 Å². The standard InChI is InChI=1S/C17H14N4O4/c22-14-9-11(10-21(14)12-5-2-1-3-6-12)15(23)18-17-20-19-16(25-17)13-7-4-8-24-13/h1-8,11H,9-10H2,(H,18,20,23)/t11-/m1/s1. The van der Waals surface area contributed by atoms with Gasteiger partial charge in [-0.2, -0.15) is 0 Å². The number of anilines is 2. The van der Waals surface area contributed by atoms with Crippen molar-refractivity contribution in [2.45, 2.75) is 6.42 Å². The summed E-state index contributed by atoms with van der Waals surface area (Å²) >= 11 is 0. The van der Waals surface area contributed by atoms with Crippen molar-refractivity contribution in [2.24, 2.45) is 5.92 Å². The first kappa shape index (κ1) is 15.1. The Bertz CT molecular complexity index is 889. The molecule has 4 rings (SSSR count). The van der Waals surface area contributed by atoms with Gasteiger partial charge in [-0.1, -0.05) is 23.3 Å². The average molecular weight is 338 g/mol. The first-order chi connectivity index (χ1) is 12.2. The molecule has 3 aromatic rings. The van der Waals surface area contributed by atoms with Crippen LogP contribution in [-0.4, -0.2) is 28.6 Å². The smallest absolute Gasteiger partial charge is 0.322 e. The van der Waals surface area contributed by atoms with Crippen LogP contribution in [0.15, 0.2) is 57.6 Å². The number of amides is 2. The second kappa shape index (κ2) is 6.23. The molecule has 8 heteroatoms.